The van der Waals surface area contributed by atoms with Crippen molar-refractivity contribution in [3.8, 4) is 0 Å². The lowest BCUT2D eigenvalue weighted by Crippen LogP contribution is -2.37. The molecule has 1 aliphatic heterocycles. The highest BCUT2D eigenvalue weighted by molar-refractivity contribution is 5.99. The van der Waals surface area contributed by atoms with Gasteiger partial charge in [0, 0.05) is 25.4 Å². The molecule has 1 heterocycles. The van der Waals surface area contributed by atoms with Crippen molar-refractivity contribution < 1.29 is 13.9 Å². The van der Waals surface area contributed by atoms with Crippen LogP contribution in [0.1, 0.15) is 30.1 Å². The van der Waals surface area contributed by atoms with E-state index in [-0.39, 0.29) is 17.7 Å². The zero-order chi connectivity index (χ0) is 13.8. The fourth-order valence-electron chi connectivity index (χ4n) is 2.29. The van der Waals surface area contributed by atoms with Gasteiger partial charge in [-0.25, -0.2) is 4.39 Å². The number of rotatable bonds is 4. The Morgan fingerprint density at radius 1 is 1.58 bits per heavy atom. The molecule has 0 aliphatic carbocycles. The van der Waals surface area contributed by atoms with Crippen molar-refractivity contribution in [1.82, 2.24) is 4.90 Å². The first-order valence-electron chi connectivity index (χ1n) is 6.57. The van der Waals surface area contributed by atoms with E-state index >= 15 is 0 Å². The van der Waals surface area contributed by atoms with Gasteiger partial charge in [0.1, 0.15) is 5.82 Å². The standard InChI is InChI=1S/C14H19FN2O2/c1-2-17(9-11-4-3-7-19-11)14(18)12-6-5-10(15)8-13(12)16/h5-6,8,11H,2-4,7,9,16H2,1H3. The number of halogens is 1. The third-order valence-corrected chi connectivity index (χ3v) is 3.36. The van der Waals surface area contributed by atoms with Crippen LogP contribution < -0.4 is 5.73 Å². The molecule has 1 saturated heterocycles. The summed E-state index contributed by atoms with van der Waals surface area (Å²) in [6, 6.07) is 3.86. The molecule has 1 fully saturated rings. The lowest BCUT2D eigenvalue weighted by atomic mass is 10.1. The number of carbonyl (C=O) groups excluding carboxylic acids is 1. The topological polar surface area (TPSA) is 55.6 Å². The number of nitrogens with two attached hydrogens (primary N) is 1. The van der Waals surface area contributed by atoms with E-state index in [0.29, 0.717) is 18.7 Å². The van der Waals surface area contributed by atoms with Crippen LogP contribution in [-0.4, -0.2) is 36.6 Å². The molecule has 1 aromatic carbocycles. The molecule has 2 N–H and O–H groups in total. The number of hydrogen-bond acceptors (Lipinski definition) is 3. The molecule has 0 aromatic heterocycles. The predicted octanol–water partition coefficient (Wildman–Crippen LogP) is 2.05. The Labute approximate surface area is 112 Å². The first-order valence-corrected chi connectivity index (χ1v) is 6.57. The summed E-state index contributed by atoms with van der Waals surface area (Å²) in [5, 5.41) is 0. The van der Waals surface area contributed by atoms with Crippen LogP contribution in [0.3, 0.4) is 0 Å². The van der Waals surface area contributed by atoms with Gasteiger partial charge >= 0.3 is 0 Å². The van der Waals surface area contributed by atoms with Gasteiger partial charge in [0.25, 0.3) is 5.91 Å². The molecule has 1 aliphatic rings. The van der Waals surface area contributed by atoms with Gasteiger partial charge in [-0.3, -0.25) is 4.79 Å². The second-order valence-corrected chi connectivity index (χ2v) is 4.71. The summed E-state index contributed by atoms with van der Waals surface area (Å²) in [6.45, 7) is 3.81. The lowest BCUT2D eigenvalue weighted by molar-refractivity contribution is 0.0540. The Balaban J connectivity index is 2.10. The van der Waals surface area contributed by atoms with Crippen LogP contribution >= 0.6 is 0 Å². The summed E-state index contributed by atoms with van der Waals surface area (Å²) in [4.78, 5) is 14.1. The highest BCUT2D eigenvalue weighted by atomic mass is 19.1. The van der Waals surface area contributed by atoms with Crippen molar-refractivity contribution >= 4 is 11.6 Å². The number of nitrogen functional groups attached to an aromatic ring is 1. The zero-order valence-electron chi connectivity index (χ0n) is 11.1. The molecule has 104 valence electrons. The number of likely N-dealkylation sites (N-methyl/N-ethyl adjacent to an activating group) is 1. The van der Waals surface area contributed by atoms with Crippen LogP contribution in [0.15, 0.2) is 18.2 Å². The Bertz CT molecular complexity index is 459. The quantitative estimate of drug-likeness (QED) is 0.849. The predicted molar refractivity (Wildman–Crippen MR) is 71.4 cm³/mol. The van der Waals surface area contributed by atoms with Gasteiger partial charge in [0.2, 0.25) is 0 Å². The molecule has 0 radical (unpaired) electrons. The van der Waals surface area contributed by atoms with Crippen LogP contribution in [0.2, 0.25) is 0 Å². The SMILES string of the molecule is CCN(CC1CCCO1)C(=O)c1ccc(F)cc1N. The molecule has 0 spiro atoms. The van der Waals surface area contributed by atoms with E-state index in [4.69, 9.17) is 10.5 Å². The number of anilines is 1. The van der Waals surface area contributed by atoms with Gasteiger partial charge in [-0.1, -0.05) is 0 Å². The third kappa shape index (κ3) is 3.23. The maximum absolute atomic E-state index is 13.0. The Kier molecular flexibility index (Phi) is 4.37. The fraction of sp³-hybridized carbons (Fsp3) is 0.500. The molecule has 1 amide bonds. The van der Waals surface area contributed by atoms with Crippen molar-refractivity contribution in [2.45, 2.75) is 25.9 Å². The van der Waals surface area contributed by atoms with E-state index in [9.17, 15) is 9.18 Å². The van der Waals surface area contributed by atoms with E-state index < -0.39 is 5.82 Å². The molecule has 19 heavy (non-hydrogen) atoms. The van der Waals surface area contributed by atoms with Gasteiger partial charge < -0.3 is 15.4 Å². The van der Waals surface area contributed by atoms with Gasteiger partial charge in [0.15, 0.2) is 0 Å². The molecule has 1 aromatic rings. The van der Waals surface area contributed by atoms with E-state index in [2.05, 4.69) is 0 Å². The van der Waals surface area contributed by atoms with Crippen molar-refractivity contribution in [3.05, 3.63) is 29.6 Å². The third-order valence-electron chi connectivity index (χ3n) is 3.36. The molecule has 1 unspecified atom stereocenters. The highest BCUT2D eigenvalue weighted by Gasteiger charge is 2.23. The molecule has 2 rings (SSSR count). The minimum Gasteiger partial charge on any atom is -0.398 e. The van der Waals surface area contributed by atoms with Crippen molar-refractivity contribution in [1.29, 1.82) is 0 Å². The Hall–Kier alpha value is -1.62. The molecular weight excluding hydrogens is 247 g/mol. The molecule has 4 nitrogen and oxygen atoms in total. The van der Waals surface area contributed by atoms with Crippen LogP contribution in [0.25, 0.3) is 0 Å². The summed E-state index contributed by atoms with van der Waals surface area (Å²) in [6.07, 6.45) is 2.11. The van der Waals surface area contributed by atoms with Gasteiger partial charge in [0.05, 0.1) is 11.7 Å². The summed E-state index contributed by atoms with van der Waals surface area (Å²) >= 11 is 0. The second kappa shape index (κ2) is 6.02. The minimum atomic E-state index is -0.434. The average Bonchev–Trinajstić information content (AvgIpc) is 2.88. The van der Waals surface area contributed by atoms with Crippen LogP contribution in [-0.2, 0) is 4.74 Å². The van der Waals surface area contributed by atoms with Crippen molar-refractivity contribution in [3.63, 3.8) is 0 Å². The maximum Gasteiger partial charge on any atom is 0.256 e. The van der Waals surface area contributed by atoms with E-state index in [1.54, 1.807) is 4.90 Å². The van der Waals surface area contributed by atoms with Crippen molar-refractivity contribution in [2.75, 3.05) is 25.4 Å². The van der Waals surface area contributed by atoms with Crippen LogP contribution in [0.4, 0.5) is 10.1 Å². The summed E-state index contributed by atoms with van der Waals surface area (Å²) < 4.78 is 18.5. The number of ether oxygens (including phenoxy) is 1. The highest BCUT2D eigenvalue weighted by Crippen LogP contribution is 2.18. The molecule has 1 atom stereocenters. The summed E-state index contributed by atoms with van der Waals surface area (Å²) in [5.41, 5.74) is 6.23. The number of nitrogens with zero attached hydrogens (tertiary/aromatic N) is 1. The summed E-state index contributed by atoms with van der Waals surface area (Å²) in [7, 11) is 0. The number of benzene rings is 1. The average molecular weight is 266 g/mol. The van der Waals surface area contributed by atoms with E-state index in [0.717, 1.165) is 19.4 Å². The summed E-state index contributed by atoms with van der Waals surface area (Å²) in [5.74, 6) is -0.605. The fourth-order valence-corrected chi connectivity index (χ4v) is 2.29. The monoisotopic (exact) mass is 266 g/mol. The second-order valence-electron chi connectivity index (χ2n) is 4.71. The van der Waals surface area contributed by atoms with Crippen molar-refractivity contribution in [2.24, 2.45) is 0 Å². The smallest absolute Gasteiger partial charge is 0.256 e. The van der Waals surface area contributed by atoms with E-state index in [1.807, 2.05) is 6.92 Å². The molecular formula is C14H19FN2O2. The first-order chi connectivity index (χ1) is 9.11. The van der Waals surface area contributed by atoms with E-state index in [1.165, 1.54) is 18.2 Å². The van der Waals surface area contributed by atoms with Gasteiger partial charge in [-0.15, -0.1) is 0 Å². The van der Waals surface area contributed by atoms with Crippen LogP contribution in [0, 0.1) is 5.82 Å². The maximum atomic E-state index is 13.0. The van der Waals surface area contributed by atoms with Crippen LogP contribution in [0.5, 0.6) is 0 Å². The molecule has 0 saturated carbocycles. The number of carbonyl (C=O) groups is 1. The number of hydrogen-bond donors (Lipinski definition) is 1. The normalized spacial score (nSPS) is 18.5. The zero-order valence-corrected chi connectivity index (χ0v) is 11.1. The number of amides is 1. The Morgan fingerprint density at radius 3 is 2.95 bits per heavy atom. The molecule has 0 bridgehead atoms. The largest absolute Gasteiger partial charge is 0.398 e. The molecule has 5 heteroatoms. The van der Waals surface area contributed by atoms with Gasteiger partial charge in [-0.05, 0) is 38.0 Å². The Morgan fingerprint density at radius 2 is 2.37 bits per heavy atom. The van der Waals surface area contributed by atoms with Gasteiger partial charge in [-0.2, -0.15) is 0 Å². The first kappa shape index (κ1) is 13.8. The minimum absolute atomic E-state index is 0.102. The lowest BCUT2D eigenvalue weighted by Gasteiger charge is -2.24.